The normalized spacial score (nSPS) is 20.6. The average molecular weight is 257 g/mol. The summed E-state index contributed by atoms with van der Waals surface area (Å²) in [5.41, 5.74) is 2.42. The van der Waals surface area contributed by atoms with E-state index < -0.39 is 0 Å². The van der Waals surface area contributed by atoms with Gasteiger partial charge in [0.1, 0.15) is 0 Å². The predicted octanol–water partition coefficient (Wildman–Crippen LogP) is 1.99. The van der Waals surface area contributed by atoms with Crippen molar-refractivity contribution >= 4 is 0 Å². The van der Waals surface area contributed by atoms with E-state index in [0.29, 0.717) is 6.04 Å². The summed E-state index contributed by atoms with van der Waals surface area (Å²) in [7, 11) is 2.09. The van der Waals surface area contributed by atoms with E-state index in [1.807, 2.05) is 18.3 Å². The van der Waals surface area contributed by atoms with Crippen LogP contribution in [0.25, 0.3) is 0 Å². The number of rotatable bonds is 3. The molecule has 0 spiro atoms. The van der Waals surface area contributed by atoms with E-state index in [-0.39, 0.29) is 0 Å². The summed E-state index contributed by atoms with van der Waals surface area (Å²) in [6.07, 6.45) is 3.94. The van der Waals surface area contributed by atoms with Crippen molar-refractivity contribution in [1.29, 1.82) is 0 Å². The van der Waals surface area contributed by atoms with Crippen molar-refractivity contribution in [3.8, 4) is 0 Å². The Morgan fingerprint density at radius 2 is 2.26 bits per heavy atom. The topological polar surface area (TPSA) is 30.3 Å². The SMILES string of the molecule is Cn1cccc1[C@H]1COCCN1Cc1ccccn1. The molecular formula is C15H19N3O. The van der Waals surface area contributed by atoms with Gasteiger partial charge in [0.25, 0.3) is 0 Å². The second kappa shape index (κ2) is 5.55. The highest BCUT2D eigenvalue weighted by Gasteiger charge is 2.26. The van der Waals surface area contributed by atoms with Crippen LogP contribution in [-0.4, -0.2) is 34.2 Å². The Morgan fingerprint density at radius 3 is 3.00 bits per heavy atom. The van der Waals surface area contributed by atoms with E-state index in [0.717, 1.165) is 32.0 Å². The molecule has 2 aromatic rings. The second-order valence-corrected chi connectivity index (χ2v) is 4.93. The molecule has 1 aliphatic rings. The molecule has 1 atom stereocenters. The average Bonchev–Trinajstić information content (AvgIpc) is 2.87. The van der Waals surface area contributed by atoms with Crippen molar-refractivity contribution in [2.45, 2.75) is 12.6 Å². The van der Waals surface area contributed by atoms with Gasteiger partial charge < -0.3 is 9.30 Å². The molecule has 0 radical (unpaired) electrons. The van der Waals surface area contributed by atoms with E-state index in [4.69, 9.17) is 4.74 Å². The van der Waals surface area contributed by atoms with E-state index in [9.17, 15) is 0 Å². The first-order valence-electron chi connectivity index (χ1n) is 6.67. The lowest BCUT2D eigenvalue weighted by Gasteiger charge is -2.35. The molecule has 3 heterocycles. The molecule has 4 heteroatoms. The summed E-state index contributed by atoms with van der Waals surface area (Å²) < 4.78 is 7.82. The Labute approximate surface area is 113 Å². The fraction of sp³-hybridized carbons (Fsp3) is 0.400. The molecule has 2 aromatic heterocycles. The van der Waals surface area contributed by atoms with E-state index in [2.05, 4.69) is 45.9 Å². The third-order valence-electron chi connectivity index (χ3n) is 3.66. The maximum atomic E-state index is 5.65. The number of nitrogens with zero attached hydrogens (tertiary/aromatic N) is 3. The van der Waals surface area contributed by atoms with Gasteiger partial charge in [-0.25, -0.2) is 0 Å². The lowest BCUT2D eigenvalue weighted by Crippen LogP contribution is -2.39. The Kier molecular flexibility index (Phi) is 3.62. The number of pyridine rings is 1. The predicted molar refractivity (Wildman–Crippen MR) is 73.6 cm³/mol. The first-order chi connectivity index (χ1) is 9.34. The third-order valence-corrected chi connectivity index (χ3v) is 3.66. The van der Waals surface area contributed by atoms with Crippen LogP contribution in [0.2, 0.25) is 0 Å². The van der Waals surface area contributed by atoms with Crippen LogP contribution in [0.15, 0.2) is 42.7 Å². The summed E-state index contributed by atoms with van der Waals surface area (Å²) in [6, 6.07) is 10.7. The van der Waals surface area contributed by atoms with Gasteiger partial charge in [-0.3, -0.25) is 9.88 Å². The largest absolute Gasteiger partial charge is 0.378 e. The highest BCUT2D eigenvalue weighted by atomic mass is 16.5. The van der Waals surface area contributed by atoms with Gasteiger partial charge in [-0.15, -0.1) is 0 Å². The Hall–Kier alpha value is -1.65. The number of morpholine rings is 1. The summed E-state index contributed by atoms with van der Waals surface area (Å²) in [4.78, 5) is 6.87. The van der Waals surface area contributed by atoms with Gasteiger partial charge in [0, 0.05) is 38.2 Å². The van der Waals surface area contributed by atoms with E-state index in [1.165, 1.54) is 5.69 Å². The van der Waals surface area contributed by atoms with Gasteiger partial charge in [-0.05, 0) is 24.3 Å². The molecule has 1 aliphatic heterocycles. The maximum absolute atomic E-state index is 5.65. The monoisotopic (exact) mass is 257 g/mol. The molecule has 0 amide bonds. The minimum Gasteiger partial charge on any atom is -0.378 e. The fourth-order valence-electron chi connectivity index (χ4n) is 2.62. The first kappa shape index (κ1) is 12.4. The van der Waals surface area contributed by atoms with Gasteiger partial charge in [-0.2, -0.15) is 0 Å². The summed E-state index contributed by atoms with van der Waals surface area (Å²) in [6.45, 7) is 3.38. The molecule has 100 valence electrons. The molecule has 4 nitrogen and oxygen atoms in total. The van der Waals surface area contributed by atoms with Crippen LogP contribution in [-0.2, 0) is 18.3 Å². The second-order valence-electron chi connectivity index (χ2n) is 4.93. The van der Waals surface area contributed by atoms with Crippen LogP contribution in [0.1, 0.15) is 17.4 Å². The first-order valence-corrected chi connectivity index (χ1v) is 6.67. The van der Waals surface area contributed by atoms with Crippen molar-refractivity contribution < 1.29 is 4.74 Å². The van der Waals surface area contributed by atoms with Crippen molar-refractivity contribution in [2.75, 3.05) is 19.8 Å². The van der Waals surface area contributed by atoms with Gasteiger partial charge in [0.05, 0.1) is 24.9 Å². The van der Waals surface area contributed by atoms with Gasteiger partial charge >= 0.3 is 0 Å². The molecule has 0 aromatic carbocycles. The zero-order valence-electron chi connectivity index (χ0n) is 11.2. The molecule has 1 fully saturated rings. The Morgan fingerprint density at radius 1 is 1.32 bits per heavy atom. The number of hydrogen-bond acceptors (Lipinski definition) is 3. The third kappa shape index (κ3) is 2.69. The van der Waals surface area contributed by atoms with Crippen LogP contribution < -0.4 is 0 Å². The lowest BCUT2D eigenvalue weighted by atomic mass is 10.1. The van der Waals surface area contributed by atoms with Crippen molar-refractivity contribution in [3.63, 3.8) is 0 Å². The minimum atomic E-state index is 0.316. The molecule has 3 rings (SSSR count). The van der Waals surface area contributed by atoms with E-state index in [1.54, 1.807) is 0 Å². The molecular weight excluding hydrogens is 238 g/mol. The van der Waals surface area contributed by atoms with Crippen molar-refractivity contribution in [2.24, 2.45) is 7.05 Å². The van der Waals surface area contributed by atoms with Gasteiger partial charge in [-0.1, -0.05) is 6.07 Å². The highest BCUT2D eigenvalue weighted by molar-refractivity contribution is 5.13. The summed E-state index contributed by atoms with van der Waals surface area (Å²) in [5, 5.41) is 0. The lowest BCUT2D eigenvalue weighted by molar-refractivity contribution is -0.0157. The van der Waals surface area contributed by atoms with Crippen LogP contribution in [0.3, 0.4) is 0 Å². The molecule has 19 heavy (non-hydrogen) atoms. The van der Waals surface area contributed by atoms with Crippen molar-refractivity contribution in [3.05, 3.63) is 54.1 Å². The smallest absolute Gasteiger partial charge is 0.0741 e. The molecule has 0 unspecified atom stereocenters. The Balaban J connectivity index is 1.80. The number of aromatic nitrogens is 2. The molecule has 0 aliphatic carbocycles. The van der Waals surface area contributed by atoms with Gasteiger partial charge in [0.15, 0.2) is 0 Å². The standard InChI is InChI=1S/C15H19N3O/c1-17-8-4-6-14(17)15-12-19-10-9-18(15)11-13-5-2-3-7-16-13/h2-8,15H,9-12H2,1H3/t15-/m1/s1. The van der Waals surface area contributed by atoms with Crippen LogP contribution >= 0.6 is 0 Å². The highest BCUT2D eigenvalue weighted by Crippen LogP contribution is 2.25. The Bertz CT molecular complexity index is 523. The summed E-state index contributed by atoms with van der Waals surface area (Å²) >= 11 is 0. The van der Waals surface area contributed by atoms with Gasteiger partial charge in [0.2, 0.25) is 0 Å². The summed E-state index contributed by atoms with van der Waals surface area (Å²) in [5.74, 6) is 0. The maximum Gasteiger partial charge on any atom is 0.0741 e. The van der Waals surface area contributed by atoms with Crippen LogP contribution in [0.5, 0.6) is 0 Å². The number of aryl methyl sites for hydroxylation is 1. The number of ether oxygens (including phenoxy) is 1. The fourth-order valence-corrected chi connectivity index (χ4v) is 2.62. The molecule has 0 saturated carbocycles. The zero-order chi connectivity index (χ0) is 13.1. The molecule has 0 N–H and O–H groups in total. The zero-order valence-corrected chi connectivity index (χ0v) is 11.2. The van der Waals surface area contributed by atoms with E-state index >= 15 is 0 Å². The van der Waals surface area contributed by atoms with Crippen molar-refractivity contribution in [1.82, 2.24) is 14.5 Å². The minimum absolute atomic E-state index is 0.316. The number of hydrogen-bond donors (Lipinski definition) is 0. The van der Waals surface area contributed by atoms with Crippen LogP contribution in [0, 0.1) is 0 Å². The molecule has 1 saturated heterocycles. The quantitative estimate of drug-likeness (QED) is 0.842. The molecule has 0 bridgehead atoms. The van der Waals surface area contributed by atoms with Crippen LogP contribution in [0.4, 0.5) is 0 Å².